The van der Waals surface area contributed by atoms with E-state index in [0.29, 0.717) is 5.95 Å². The highest BCUT2D eigenvalue weighted by Crippen LogP contribution is 2.42. The first kappa shape index (κ1) is 25.2. The lowest BCUT2D eigenvalue weighted by Crippen LogP contribution is -2.03. The molecular weight excluding hydrogens is 595 g/mol. The second kappa shape index (κ2) is 9.25. The Balaban J connectivity index is 1.24. The quantitative estimate of drug-likeness (QED) is 0.194. The van der Waals surface area contributed by atoms with E-state index in [0.717, 1.165) is 65.9 Å². The molecule has 0 saturated carbocycles. The van der Waals surface area contributed by atoms with Crippen molar-refractivity contribution < 1.29 is 4.42 Å². The number of fused-ring (bicyclic) bond motifs is 12. The van der Waals surface area contributed by atoms with Gasteiger partial charge in [0.25, 0.3) is 0 Å². The number of thiophene rings is 1. The van der Waals surface area contributed by atoms with Crippen LogP contribution in [0.15, 0.2) is 144 Å². The monoisotopic (exact) mass is 617 g/mol. The molecule has 0 amide bonds. The van der Waals surface area contributed by atoms with Crippen molar-refractivity contribution in [2.45, 2.75) is 0 Å². The molecule has 11 rings (SSSR count). The predicted octanol–water partition coefficient (Wildman–Crippen LogP) is 11.8. The zero-order valence-corrected chi connectivity index (χ0v) is 25.8. The van der Waals surface area contributed by atoms with Gasteiger partial charge < -0.3 is 4.42 Å². The number of nitrogens with zero attached hydrogens (tertiary/aromatic N) is 3. The van der Waals surface area contributed by atoms with Crippen LogP contribution in [0.2, 0.25) is 0 Å². The predicted molar refractivity (Wildman–Crippen MR) is 197 cm³/mol. The summed E-state index contributed by atoms with van der Waals surface area (Å²) in [4.78, 5) is 10.6. The highest BCUT2D eigenvalue weighted by atomic mass is 32.1. The van der Waals surface area contributed by atoms with Crippen molar-refractivity contribution in [2.24, 2.45) is 0 Å². The Hall–Kier alpha value is -6.04. The lowest BCUT2D eigenvalue weighted by Gasteiger charge is -2.12. The molecule has 0 bridgehead atoms. The molecule has 0 aliphatic carbocycles. The molecule has 5 heteroatoms. The Labute approximate surface area is 271 Å². The van der Waals surface area contributed by atoms with Gasteiger partial charge in [-0.05, 0) is 47.9 Å². The third-order valence-electron chi connectivity index (χ3n) is 9.61. The van der Waals surface area contributed by atoms with Gasteiger partial charge in [0.15, 0.2) is 0 Å². The molecule has 0 aliphatic heterocycles. The molecule has 4 nitrogen and oxygen atoms in total. The van der Waals surface area contributed by atoms with E-state index in [4.69, 9.17) is 14.4 Å². The fraction of sp³-hybridized carbons (Fsp3) is 0. The molecule has 0 saturated heterocycles. The molecule has 0 radical (unpaired) electrons. The number of rotatable bonds is 2. The average Bonchev–Trinajstić information content (AvgIpc) is 3.79. The zero-order valence-electron chi connectivity index (χ0n) is 24.9. The maximum Gasteiger partial charge on any atom is 0.235 e. The van der Waals surface area contributed by atoms with Gasteiger partial charge in [0.1, 0.15) is 11.2 Å². The van der Waals surface area contributed by atoms with Crippen LogP contribution in [-0.4, -0.2) is 14.5 Å². The highest BCUT2D eigenvalue weighted by Gasteiger charge is 2.21. The summed E-state index contributed by atoms with van der Waals surface area (Å²) >= 11 is 1.83. The fourth-order valence-electron chi connectivity index (χ4n) is 7.49. The van der Waals surface area contributed by atoms with Gasteiger partial charge in [-0.3, -0.25) is 4.57 Å². The Kier molecular flexibility index (Phi) is 4.96. The van der Waals surface area contributed by atoms with Crippen LogP contribution in [0.25, 0.3) is 103 Å². The summed E-state index contributed by atoms with van der Waals surface area (Å²) in [6.07, 6.45) is 0. The number of hydrogen-bond acceptors (Lipinski definition) is 4. The van der Waals surface area contributed by atoms with Gasteiger partial charge >= 0.3 is 0 Å². The Morgan fingerprint density at radius 2 is 1.21 bits per heavy atom. The molecule has 0 unspecified atom stereocenters. The summed E-state index contributed by atoms with van der Waals surface area (Å²) in [7, 11) is 0. The van der Waals surface area contributed by atoms with Crippen molar-refractivity contribution in [1.82, 2.24) is 14.5 Å². The van der Waals surface area contributed by atoms with Crippen LogP contribution in [0.3, 0.4) is 0 Å². The van der Waals surface area contributed by atoms with Crippen molar-refractivity contribution in [1.29, 1.82) is 0 Å². The molecule has 0 aliphatic rings. The SMILES string of the molecule is c1ccc2c(c1)ccc1c3cccc(-c4nc(-n5c6ccccc6c6cc7c(cc65)sc5ccccc57)nc5ccccc45)c3oc21. The second-order valence-corrected chi connectivity index (χ2v) is 13.2. The van der Waals surface area contributed by atoms with Crippen LogP contribution < -0.4 is 0 Å². The summed E-state index contributed by atoms with van der Waals surface area (Å²) in [5, 5.41) is 10.4. The van der Waals surface area contributed by atoms with Gasteiger partial charge in [-0.2, -0.15) is 0 Å². The molecule has 218 valence electrons. The van der Waals surface area contributed by atoms with Crippen LogP contribution >= 0.6 is 11.3 Å². The summed E-state index contributed by atoms with van der Waals surface area (Å²) < 4.78 is 11.6. The normalized spacial score (nSPS) is 12.3. The van der Waals surface area contributed by atoms with E-state index < -0.39 is 0 Å². The van der Waals surface area contributed by atoms with E-state index in [1.165, 1.54) is 30.9 Å². The molecule has 7 aromatic carbocycles. The molecule has 0 spiro atoms. The summed E-state index contributed by atoms with van der Waals surface area (Å²) in [5.74, 6) is 0.643. The third kappa shape index (κ3) is 3.46. The maximum atomic E-state index is 6.78. The van der Waals surface area contributed by atoms with Crippen LogP contribution in [0.4, 0.5) is 0 Å². The van der Waals surface area contributed by atoms with Crippen LogP contribution in [-0.2, 0) is 0 Å². The highest BCUT2D eigenvalue weighted by molar-refractivity contribution is 7.25. The minimum absolute atomic E-state index is 0.643. The van der Waals surface area contributed by atoms with Gasteiger partial charge in [-0.25, -0.2) is 9.97 Å². The zero-order chi connectivity index (χ0) is 30.6. The lowest BCUT2D eigenvalue weighted by atomic mass is 10.0. The van der Waals surface area contributed by atoms with Crippen molar-refractivity contribution >= 4 is 96.9 Å². The van der Waals surface area contributed by atoms with E-state index in [-0.39, 0.29) is 0 Å². The molecule has 0 N–H and O–H groups in total. The van der Waals surface area contributed by atoms with Gasteiger partial charge in [0.2, 0.25) is 5.95 Å². The van der Waals surface area contributed by atoms with Crippen LogP contribution in [0.5, 0.6) is 0 Å². The van der Waals surface area contributed by atoms with Gasteiger partial charge in [-0.1, -0.05) is 97.1 Å². The maximum absolute atomic E-state index is 6.78. The molecule has 4 heterocycles. The molecule has 11 aromatic rings. The first-order valence-corrected chi connectivity index (χ1v) is 16.6. The molecule has 47 heavy (non-hydrogen) atoms. The van der Waals surface area contributed by atoms with E-state index in [1.807, 2.05) is 17.4 Å². The van der Waals surface area contributed by atoms with Crippen molar-refractivity contribution in [3.05, 3.63) is 140 Å². The second-order valence-electron chi connectivity index (χ2n) is 12.2. The Bertz CT molecular complexity index is 3090. The fourth-order valence-corrected chi connectivity index (χ4v) is 8.61. The average molecular weight is 618 g/mol. The van der Waals surface area contributed by atoms with E-state index in [9.17, 15) is 0 Å². The molecule has 4 aromatic heterocycles. The number of benzene rings is 7. The van der Waals surface area contributed by atoms with E-state index >= 15 is 0 Å². The van der Waals surface area contributed by atoms with Crippen LogP contribution in [0, 0.1) is 0 Å². The topological polar surface area (TPSA) is 43.9 Å². The smallest absolute Gasteiger partial charge is 0.235 e. The summed E-state index contributed by atoms with van der Waals surface area (Å²) in [6.45, 7) is 0. The number of aromatic nitrogens is 3. The third-order valence-corrected chi connectivity index (χ3v) is 10.7. The number of para-hydroxylation sites is 3. The van der Waals surface area contributed by atoms with Crippen molar-refractivity contribution in [2.75, 3.05) is 0 Å². The summed E-state index contributed by atoms with van der Waals surface area (Å²) in [6, 6.07) is 49.3. The Morgan fingerprint density at radius 3 is 2.15 bits per heavy atom. The van der Waals surface area contributed by atoms with Crippen LogP contribution in [0.1, 0.15) is 0 Å². The van der Waals surface area contributed by atoms with Gasteiger partial charge in [-0.15, -0.1) is 11.3 Å². The van der Waals surface area contributed by atoms with Gasteiger partial charge in [0.05, 0.1) is 22.2 Å². The van der Waals surface area contributed by atoms with Crippen molar-refractivity contribution in [3.8, 4) is 17.2 Å². The molecule has 0 fully saturated rings. The first-order valence-electron chi connectivity index (χ1n) is 15.8. The molecule has 0 atom stereocenters. The van der Waals surface area contributed by atoms with E-state index in [2.05, 4.69) is 138 Å². The molecular formula is C42H23N3OS. The minimum atomic E-state index is 0.643. The van der Waals surface area contributed by atoms with Crippen molar-refractivity contribution in [3.63, 3.8) is 0 Å². The first-order chi connectivity index (χ1) is 23.3. The number of hydrogen-bond donors (Lipinski definition) is 0. The number of furan rings is 1. The largest absolute Gasteiger partial charge is 0.455 e. The standard InChI is InChI=1S/C42H23N3OS/c1-2-11-25-24(10-1)20-21-29-28-15-9-16-31(41(28)46-40(25)29)39-30-14-3-6-17-34(30)43-42(44-39)45-35-18-7-4-12-26(35)32-22-33-27-13-5-8-19-37(27)47-38(33)23-36(32)45/h1-23H. The lowest BCUT2D eigenvalue weighted by molar-refractivity contribution is 0.673. The van der Waals surface area contributed by atoms with Gasteiger partial charge in [0, 0.05) is 58.1 Å². The minimum Gasteiger partial charge on any atom is -0.455 e. The van der Waals surface area contributed by atoms with E-state index in [1.54, 1.807) is 0 Å². The Morgan fingerprint density at radius 1 is 0.468 bits per heavy atom. The summed E-state index contributed by atoms with van der Waals surface area (Å²) in [5.41, 5.74) is 6.62.